The first-order valence-corrected chi connectivity index (χ1v) is 17.1. The van der Waals surface area contributed by atoms with Gasteiger partial charge in [0.05, 0.1) is 0 Å². The lowest BCUT2D eigenvalue weighted by atomic mass is 9.91. The van der Waals surface area contributed by atoms with Gasteiger partial charge < -0.3 is 9.32 Å². The van der Waals surface area contributed by atoms with Gasteiger partial charge in [-0.1, -0.05) is 133 Å². The Morgan fingerprint density at radius 3 is 1.64 bits per heavy atom. The molecule has 0 aliphatic heterocycles. The molecule has 0 spiro atoms. The van der Waals surface area contributed by atoms with Gasteiger partial charge in [0.1, 0.15) is 11.2 Å². The molecule has 0 saturated heterocycles. The van der Waals surface area contributed by atoms with Crippen LogP contribution in [-0.4, -0.2) is 0 Å². The summed E-state index contributed by atoms with van der Waals surface area (Å²) < 4.78 is 6.20. The summed E-state index contributed by atoms with van der Waals surface area (Å²) in [5, 5.41) is 9.86. The van der Waals surface area contributed by atoms with Crippen LogP contribution < -0.4 is 4.90 Å². The van der Waals surface area contributed by atoms with Gasteiger partial charge in [0.15, 0.2) is 0 Å². The molecule has 0 bridgehead atoms. The fraction of sp³-hybridized carbons (Fsp3) is 0. The number of hydrogen-bond acceptors (Lipinski definition) is 2. The van der Waals surface area contributed by atoms with E-state index in [0.717, 1.165) is 39.0 Å². The highest BCUT2D eigenvalue weighted by atomic mass is 16.3. The second kappa shape index (κ2) is 11.5. The van der Waals surface area contributed by atoms with E-state index in [1.165, 1.54) is 54.6 Å². The number of rotatable bonds is 5. The van der Waals surface area contributed by atoms with Crippen molar-refractivity contribution in [3.63, 3.8) is 0 Å². The van der Waals surface area contributed by atoms with E-state index in [9.17, 15) is 0 Å². The smallest absolute Gasteiger partial charge is 0.135 e. The maximum absolute atomic E-state index is 6.20. The lowest BCUT2D eigenvalue weighted by Gasteiger charge is -2.26. The van der Waals surface area contributed by atoms with Crippen molar-refractivity contribution < 1.29 is 4.42 Å². The van der Waals surface area contributed by atoms with E-state index in [4.69, 9.17) is 4.42 Å². The molecule has 9 aromatic carbocycles. The number of fused-ring (bicyclic) bond motifs is 8. The molecule has 0 fully saturated rings. The molecule has 0 N–H and O–H groups in total. The van der Waals surface area contributed by atoms with E-state index in [1.54, 1.807) is 0 Å². The van der Waals surface area contributed by atoms with Crippen molar-refractivity contribution in [2.24, 2.45) is 0 Å². The van der Waals surface area contributed by atoms with Crippen LogP contribution in [0.4, 0.5) is 17.1 Å². The predicted octanol–water partition coefficient (Wildman–Crippen LogP) is 13.8. The summed E-state index contributed by atoms with van der Waals surface area (Å²) in [4.78, 5) is 2.34. The first kappa shape index (κ1) is 28.4. The summed E-state index contributed by atoms with van der Waals surface area (Å²) >= 11 is 0. The van der Waals surface area contributed by atoms with Crippen LogP contribution in [0.15, 0.2) is 192 Å². The zero-order chi connectivity index (χ0) is 33.0. The second-order valence-corrected chi connectivity index (χ2v) is 12.9. The van der Waals surface area contributed by atoms with Crippen molar-refractivity contribution in [1.29, 1.82) is 0 Å². The highest BCUT2D eigenvalue weighted by molar-refractivity contribution is 6.21. The third-order valence-corrected chi connectivity index (χ3v) is 10.1. The average molecular weight is 638 g/mol. The molecule has 50 heavy (non-hydrogen) atoms. The lowest BCUT2D eigenvalue weighted by molar-refractivity contribution is 0.669. The van der Waals surface area contributed by atoms with Gasteiger partial charge in [0.25, 0.3) is 0 Å². The van der Waals surface area contributed by atoms with Gasteiger partial charge in [-0.3, -0.25) is 0 Å². The molecule has 0 aliphatic rings. The standard InChI is InChI=1S/C48H31NO/c1-2-10-32(11-3-1)33-18-23-36(24-19-33)49(38-27-29-48-46(30-38)43-16-8-9-17-47(43)50-48)37-25-20-35(21-26-37)44-31-45-39-13-5-4-12-34(39)22-28-42(45)40-14-6-7-15-41(40)44/h1-31H. The molecular formula is C48H31NO. The third-order valence-electron chi connectivity index (χ3n) is 10.1. The van der Waals surface area contributed by atoms with Crippen molar-refractivity contribution in [2.45, 2.75) is 0 Å². The lowest BCUT2D eigenvalue weighted by Crippen LogP contribution is -2.09. The highest BCUT2D eigenvalue weighted by Gasteiger charge is 2.17. The molecular weight excluding hydrogens is 607 g/mol. The summed E-state index contributed by atoms with van der Waals surface area (Å²) in [5.41, 5.74) is 9.87. The monoisotopic (exact) mass is 637 g/mol. The highest BCUT2D eigenvalue weighted by Crippen LogP contribution is 2.42. The Balaban J connectivity index is 1.13. The first-order chi connectivity index (χ1) is 24.8. The summed E-state index contributed by atoms with van der Waals surface area (Å²) in [7, 11) is 0. The molecule has 0 saturated carbocycles. The van der Waals surface area contributed by atoms with E-state index < -0.39 is 0 Å². The molecule has 1 aromatic heterocycles. The van der Waals surface area contributed by atoms with E-state index >= 15 is 0 Å². The Bertz CT molecular complexity index is 2850. The summed E-state index contributed by atoms with van der Waals surface area (Å²) in [6.07, 6.45) is 0. The molecule has 2 heteroatoms. The fourth-order valence-electron chi connectivity index (χ4n) is 7.62. The SMILES string of the molecule is c1ccc(-c2ccc(N(c3ccc(-c4cc5c6ccccc6ccc5c5ccccc45)cc3)c3ccc4oc5ccccc5c4c3)cc2)cc1. The molecule has 0 amide bonds. The van der Waals surface area contributed by atoms with Gasteiger partial charge in [0, 0.05) is 27.8 Å². The zero-order valence-corrected chi connectivity index (χ0v) is 27.3. The Morgan fingerprint density at radius 1 is 0.300 bits per heavy atom. The van der Waals surface area contributed by atoms with Gasteiger partial charge >= 0.3 is 0 Å². The van der Waals surface area contributed by atoms with Crippen LogP contribution in [0.2, 0.25) is 0 Å². The number of anilines is 3. The van der Waals surface area contributed by atoms with Crippen molar-refractivity contribution in [3.05, 3.63) is 188 Å². The largest absolute Gasteiger partial charge is 0.456 e. The quantitative estimate of drug-likeness (QED) is 0.175. The maximum Gasteiger partial charge on any atom is 0.135 e. The van der Waals surface area contributed by atoms with Crippen molar-refractivity contribution in [2.75, 3.05) is 4.90 Å². The number of benzene rings is 9. The number of hydrogen-bond donors (Lipinski definition) is 0. The van der Waals surface area contributed by atoms with Crippen LogP contribution in [0, 0.1) is 0 Å². The van der Waals surface area contributed by atoms with Crippen molar-refractivity contribution in [1.82, 2.24) is 0 Å². The van der Waals surface area contributed by atoms with E-state index in [-0.39, 0.29) is 0 Å². The Kier molecular flexibility index (Phi) is 6.53. The number of para-hydroxylation sites is 1. The summed E-state index contributed by atoms with van der Waals surface area (Å²) in [6, 6.07) is 67.6. The minimum atomic E-state index is 0.889. The minimum absolute atomic E-state index is 0.889. The van der Waals surface area contributed by atoms with Crippen LogP contribution in [-0.2, 0) is 0 Å². The second-order valence-electron chi connectivity index (χ2n) is 12.9. The topological polar surface area (TPSA) is 16.4 Å². The van der Waals surface area contributed by atoms with Crippen molar-refractivity contribution in [3.8, 4) is 22.3 Å². The minimum Gasteiger partial charge on any atom is -0.456 e. The number of furan rings is 1. The normalized spacial score (nSPS) is 11.6. The van der Waals surface area contributed by atoms with Gasteiger partial charge in [-0.25, -0.2) is 0 Å². The predicted molar refractivity (Wildman–Crippen MR) is 212 cm³/mol. The van der Waals surface area contributed by atoms with Crippen LogP contribution in [0.3, 0.4) is 0 Å². The summed E-state index contributed by atoms with van der Waals surface area (Å²) in [6.45, 7) is 0. The molecule has 10 aromatic rings. The van der Waals surface area contributed by atoms with Gasteiger partial charge in [-0.15, -0.1) is 0 Å². The van der Waals surface area contributed by atoms with Gasteiger partial charge in [0.2, 0.25) is 0 Å². The molecule has 10 rings (SSSR count). The Labute approximate surface area is 290 Å². The van der Waals surface area contributed by atoms with Crippen molar-refractivity contribution >= 4 is 71.3 Å². The van der Waals surface area contributed by atoms with Crippen LogP contribution in [0.1, 0.15) is 0 Å². The van der Waals surface area contributed by atoms with E-state index in [0.29, 0.717) is 0 Å². The van der Waals surface area contributed by atoms with Crippen LogP contribution >= 0.6 is 0 Å². The molecule has 1 heterocycles. The molecule has 0 atom stereocenters. The molecule has 234 valence electrons. The van der Waals surface area contributed by atoms with Gasteiger partial charge in [-0.2, -0.15) is 0 Å². The molecule has 0 radical (unpaired) electrons. The average Bonchev–Trinajstić information content (AvgIpc) is 3.56. The maximum atomic E-state index is 6.20. The zero-order valence-electron chi connectivity index (χ0n) is 27.3. The van der Waals surface area contributed by atoms with E-state index in [1.807, 2.05) is 12.1 Å². The first-order valence-electron chi connectivity index (χ1n) is 17.1. The van der Waals surface area contributed by atoms with Gasteiger partial charge in [-0.05, 0) is 109 Å². The molecule has 2 nitrogen and oxygen atoms in total. The fourth-order valence-corrected chi connectivity index (χ4v) is 7.62. The molecule has 0 aliphatic carbocycles. The molecule has 0 unspecified atom stereocenters. The summed E-state index contributed by atoms with van der Waals surface area (Å²) in [5.74, 6) is 0. The van der Waals surface area contributed by atoms with E-state index in [2.05, 4.69) is 181 Å². The Hall–Kier alpha value is -6.64. The third kappa shape index (κ3) is 4.65. The number of nitrogens with zero attached hydrogens (tertiary/aromatic N) is 1. The Morgan fingerprint density at radius 2 is 0.860 bits per heavy atom. The van der Waals surface area contributed by atoms with Crippen LogP contribution in [0.5, 0.6) is 0 Å². The van der Waals surface area contributed by atoms with Crippen LogP contribution in [0.25, 0.3) is 76.5 Å².